The maximum absolute atomic E-state index is 13.8. The molecule has 3 heterocycles. The number of hydrogen-bond donors (Lipinski definition) is 2. The molecule has 3 N–H and O–H groups in total. The Kier molecular flexibility index (Phi) is 8.04. The average Bonchev–Trinajstić information content (AvgIpc) is 2.87. The number of piperazine rings is 1. The predicted octanol–water partition coefficient (Wildman–Crippen LogP) is 3.87. The quantitative estimate of drug-likeness (QED) is 0.259. The number of halogens is 3. The number of ether oxygens (including phenoxy) is 1. The van der Waals surface area contributed by atoms with Crippen LogP contribution >= 0.6 is 23.2 Å². The van der Waals surface area contributed by atoms with Crippen LogP contribution in [0.2, 0.25) is 10.0 Å². The topological polar surface area (TPSA) is 121 Å². The van der Waals surface area contributed by atoms with Gasteiger partial charge >= 0.3 is 0 Å². The van der Waals surface area contributed by atoms with Crippen molar-refractivity contribution in [3.8, 4) is 5.75 Å². The summed E-state index contributed by atoms with van der Waals surface area (Å²) in [5.41, 5.74) is 7.82. The number of hydrogen-bond acceptors (Lipinski definition) is 8. The number of benzene rings is 1. The van der Waals surface area contributed by atoms with Gasteiger partial charge in [0.05, 0.1) is 21.7 Å². The molecule has 1 saturated heterocycles. The molecule has 0 spiro atoms. The van der Waals surface area contributed by atoms with Gasteiger partial charge in [0, 0.05) is 73.4 Å². The highest BCUT2D eigenvalue weighted by Gasteiger charge is 2.22. The molecule has 3 aromatic rings. The van der Waals surface area contributed by atoms with Gasteiger partial charge in [-0.1, -0.05) is 23.2 Å². The van der Waals surface area contributed by atoms with Crippen LogP contribution in [0.15, 0.2) is 36.8 Å². The molecule has 13 heteroatoms. The molecular weight excluding hydrogens is 528 g/mol. The minimum absolute atomic E-state index is 0.120. The van der Waals surface area contributed by atoms with Crippen LogP contribution in [0.3, 0.4) is 0 Å². The molecule has 1 aliphatic rings. The molecule has 0 radical (unpaired) electrons. The number of anilines is 2. The summed E-state index contributed by atoms with van der Waals surface area (Å²) in [7, 11) is -0.994. The van der Waals surface area contributed by atoms with Gasteiger partial charge in [0.25, 0.3) is 0 Å². The van der Waals surface area contributed by atoms with Crippen LogP contribution in [-0.2, 0) is 11.0 Å². The van der Waals surface area contributed by atoms with Gasteiger partial charge in [-0.15, -0.1) is 0 Å². The highest BCUT2D eigenvalue weighted by atomic mass is 35.5. The summed E-state index contributed by atoms with van der Waals surface area (Å²) in [5, 5.41) is 8.64. The SMILES string of the molecule is C[C@@H](Oc1ccc(N)c(C(=N)c2cnc(N3CCN(S(C)=O)CC3)nc2)c1)c1c(Cl)cnc(F)c1Cl. The van der Waals surface area contributed by atoms with E-state index < -0.39 is 23.0 Å². The van der Waals surface area contributed by atoms with Crippen molar-refractivity contribution >= 4 is 51.5 Å². The number of aromatic nitrogens is 3. The summed E-state index contributed by atoms with van der Waals surface area (Å²) in [6.07, 6.45) is 5.30. The van der Waals surface area contributed by atoms with Gasteiger partial charge in [0.15, 0.2) is 0 Å². The summed E-state index contributed by atoms with van der Waals surface area (Å²) in [4.78, 5) is 14.4. The van der Waals surface area contributed by atoms with Crippen molar-refractivity contribution in [1.82, 2.24) is 19.3 Å². The van der Waals surface area contributed by atoms with E-state index in [-0.39, 0.29) is 21.3 Å². The van der Waals surface area contributed by atoms with Gasteiger partial charge in [-0.05, 0) is 25.1 Å². The second-order valence-electron chi connectivity index (χ2n) is 8.12. The Balaban J connectivity index is 1.50. The smallest absolute Gasteiger partial charge is 0.232 e. The van der Waals surface area contributed by atoms with Gasteiger partial charge in [-0.25, -0.2) is 23.5 Å². The first kappa shape index (κ1) is 26.2. The molecule has 2 aromatic heterocycles. The van der Waals surface area contributed by atoms with Crippen molar-refractivity contribution in [3.63, 3.8) is 0 Å². The first-order chi connectivity index (χ1) is 17.2. The van der Waals surface area contributed by atoms with Crippen molar-refractivity contribution in [3.05, 3.63) is 69.5 Å². The summed E-state index contributed by atoms with van der Waals surface area (Å²) >= 11 is 12.2. The number of pyridine rings is 1. The molecular formula is C23H24Cl2FN7O2S. The largest absolute Gasteiger partial charge is 0.486 e. The second-order valence-corrected chi connectivity index (χ2v) is 10.3. The van der Waals surface area contributed by atoms with E-state index in [1.54, 1.807) is 43.8 Å². The Labute approximate surface area is 220 Å². The van der Waals surface area contributed by atoms with E-state index in [1.165, 1.54) is 6.20 Å². The van der Waals surface area contributed by atoms with Crippen LogP contribution in [0.5, 0.6) is 5.75 Å². The van der Waals surface area contributed by atoms with E-state index in [1.807, 2.05) is 9.21 Å². The molecule has 0 saturated carbocycles. The van der Waals surface area contributed by atoms with E-state index >= 15 is 0 Å². The molecule has 1 fully saturated rings. The van der Waals surface area contributed by atoms with E-state index in [0.29, 0.717) is 54.7 Å². The zero-order chi connectivity index (χ0) is 26.0. The third-order valence-corrected chi connectivity index (χ3v) is 7.54. The van der Waals surface area contributed by atoms with Crippen LogP contribution in [0, 0.1) is 11.4 Å². The van der Waals surface area contributed by atoms with Crippen LogP contribution in [-0.4, -0.2) is 61.6 Å². The summed E-state index contributed by atoms with van der Waals surface area (Å²) in [6.45, 7) is 4.33. The molecule has 1 aromatic carbocycles. The van der Waals surface area contributed by atoms with Gasteiger partial charge in [0.1, 0.15) is 16.9 Å². The maximum atomic E-state index is 13.8. The zero-order valence-electron chi connectivity index (χ0n) is 19.5. The lowest BCUT2D eigenvalue weighted by Crippen LogP contribution is -2.47. The molecule has 0 amide bonds. The fourth-order valence-corrected chi connectivity index (χ4v) is 5.16. The molecule has 2 atom stereocenters. The summed E-state index contributed by atoms with van der Waals surface area (Å²) in [5.74, 6) is 0.104. The normalized spacial score (nSPS) is 16.0. The van der Waals surface area contributed by atoms with E-state index in [2.05, 4.69) is 15.0 Å². The molecule has 36 heavy (non-hydrogen) atoms. The van der Waals surface area contributed by atoms with Crippen LogP contribution in [0.25, 0.3) is 0 Å². The highest BCUT2D eigenvalue weighted by molar-refractivity contribution is 7.81. The van der Waals surface area contributed by atoms with Crippen LogP contribution in [0.4, 0.5) is 16.0 Å². The lowest BCUT2D eigenvalue weighted by molar-refractivity contribution is 0.226. The minimum atomic E-state index is -0.994. The molecule has 0 bridgehead atoms. The van der Waals surface area contributed by atoms with Crippen molar-refractivity contribution < 1.29 is 13.3 Å². The minimum Gasteiger partial charge on any atom is -0.486 e. The summed E-state index contributed by atoms with van der Waals surface area (Å²) in [6, 6.07) is 4.88. The molecule has 9 nitrogen and oxygen atoms in total. The Morgan fingerprint density at radius 3 is 2.47 bits per heavy atom. The number of nitrogens with zero attached hydrogens (tertiary/aromatic N) is 5. The predicted molar refractivity (Wildman–Crippen MR) is 140 cm³/mol. The van der Waals surface area contributed by atoms with Gasteiger partial charge < -0.3 is 15.4 Å². The number of rotatable bonds is 7. The molecule has 0 aliphatic carbocycles. The van der Waals surface area contributed by atoms with E-state index in [4.69, 9.17) is 39.1 Å². The Bertz CT molecular complexity index is 1300. The third kappa shape index (κ3) is 5.59. The van der Waals surface area contributed by atoms with Crippen LogP contribution < -0.4 is 15.4 Å². The third-order valence-electron chi connectivity index (χ3n) is 5.79. The fraction of sp³-hybridized carbons (Fsp3) is 0.304. The highest BCUT2D eigenvalue weighted by Crippen LogP contribution is 2.34. The monoisotopic (exact) mass is 551 g/mol. The molecule has 1 unspecified atom stereocenters. The number of nitrogens with one attached hydrogen (secondary N) is 1. The fourth-order valence-electron chi connectivity index (χ4n) is 3.83. The average molecular weight is 552 g/mol. The lowest BCUT2D eigenvalue weighted by atomic mass is 10.0. The van der Waals surface area contributed by atoms with Gasteiger partial charge in [-0.2, -0.15) is 4.39 Å². The van der Waals surface area contributed by atoms with E-state index in [0.717, 1.165) is 0 Å². The van der Waals surface area contributed by atoms with Crippen molar-refractivity contribution in [2.75, 3.05) is 43.1 Å². The Morgan fingerprint density at radius 1 is 1.17 bits per heavy atom. The number of nitrogen functional groups attached to an aromatic ring is 1. The van der Waals surface area contributed by atoms with Gasteiger partial charge in [0.2, 0.25) is 11.9 Å². The number of nitrogens with two attached hydrogens (primary N) is 1. The first-order valence-electron chi connectivity index (χ1n) is 11.0. The van der Waals surface area contributed by atoms with E-state index in [9.17, 15) is 8.60 Å². The molecule has 1 aliphatic heterocycles. The maximum Gasteiger partial charge on any atom is 0.232 e. The van der Waals surface area contributed by atoms with Crippen molar-refractivity contribution in [1.29, 1.82) is 5.41 Å². The Morgan fingerprint density at radius 2 is 1.83 bits per heavy atom. The van der Waals surface area contributed by atoms with Crippen molar-refractivity contribution in [2.45, 2.75) is 13.0 Å². The Hall–Kier alpha value is -2.86. The molecule has 4 rings (SSSR count). The standard InChI is InChI=1S/C23H24Cl2FN7O2S/c1-13(19-17(24)12-29-22(26)20(19)25)35-15-3-4-18(27)16(9-15)21(28)14-10-30-23(31-11-14)32-5-7-33(8-6-32)36(2)34/h3-4,9-13,28H,5-8,27H2,1-2H3/t13-,36?/m1/s1. The van der Waals surface area contributed by atoms with Gasteiger partial charge in [-0.3, -0.25) is 5.41 Å². The summed E-state index contributed by atoms with van der Waals surface area (Å²) < 4.78 is 33.3. The zero-order valence-corrected chi connectivity index (χ0v) is 21.9. The van der Waals surface area contributed by atoms with Crippen molar-refractivity contribution in [2.24, 2.45) is 0 Å². The first-order valence-corrected chi connectivity index (χ1v) is 13.2. The second kappa shape index (κ2) is 11.0. The molecule has 190 valence electrons. The lowest BCUT2D eigenvalue weighted by Gasteiger charge is -2.32. The van der Waals surface area contributed by atoms with Crippen LogP contribution in [0.1, 0.15) is 29.7 Å².